The number of nitrogens with one attached hydrogen (secondary N) is 1. The molecule has 5 aliphatic heterocycles. The number of piperidine rings is 1. The SMILES string of the molecule is C#Cc1c(F)ccc2cccc(-c3ncc4c(N5CC6CCC(C5)N6)nc(OC[C@@H]5C[C@@H](OC(=O)C(C)Cc6cc(F)c(C#C)c7c(-c8ncc9c(N%10CC(C)CCC(N)C%10)nc(OCCN%10CCC(C(C)C)CC%10)nc9c8F)cccc67)CN5C)nc4c3F)c12. The van der Waals surface area contributed by atoms with Crippen LogP contribution in [0.25, 0.3) is 65.9 Å². The van der Waals surface area contributed by atoms with Crippen LogP contribution in [-0.2, 0) is 16.0 Å². The molecule has 20 heteroatoms. The van der Waals surface area contributed by atoms with E-state index in [1.807, 2.05) is 11.9 Å². The lowest BCUT2D eigenvalue weighted by Gasteiger charge is -2.34. The van der Waals surface area contributed by atoms with Crippen LogP contribution in [0.1, 0.15) is 89.3 Å². The van der Waals surface area contributed by atoms with Crippen LogP contribution < -0.4 is 30.3 Å². The number of rotatable bonds is 16. The third-order valence-corrected chi connectivity index (χ3v) is 19.6. The first-order valence-corrected chi connectivity index (χ1v) is 32.0. The molecule has 472 valence electrons. The number of carbonyl (C=O) groups excluding carboxylic acids is 1. The number of terminal acetylenes is 2. The van der Waals surface area contributed by atoms with E-state index in [2.05, 4.69) is 62.6 Å². The molecule has 0 aliphatic carbocycles. The lowest BCUT2D eigenvalue weighted by molar-refractivity contribution is -0.152. The van der Waals surface area contributed by atoms with Gasteiger partial charge >= 0.3 is 18.0 Å². The lowest BCUT2D eigenvalue weighted by atomic mass is 9.87. The molecular formula is C71H76F4N12O4. The van der Waals surface area contributed by atoms with Gasteiger partial charge < -0.3 is 35.1 Å². The Bertz CT molecular complexity index is 4180. The number of nitrogens with two attached hydrogens (primary N) is 1. The van der Waals surface area contributed by atoms with E-state index in [1.54, 1.807) is 61.8 Å². The number of carbonyl (C=O) groups is 1. The van der Waals surface area contributed by atoms with E-state index < -0.39 is 41.3 Å². The molecule has 5 fully saturated rings. The Labute approximate surface area is 527 Å². The van der Waals surface area contributed by atoms with Crippen molar-refractivity contribution in [3.05, 3.63) is 107 Å². The fourth-order valence-electron chi connectivity index (χ4n) is 14.6. The summed E-state index contributed by atoms with van der Waals surface area (Å²) in [4.78, 5) is 51.3. The van der Waals surface area contributed by atoms with Crippen LogP contribution in [0, 0.1) is 71.6 Å². The van der Waals surface area contributed by atoms with E-state index in [0.29, 0.717) is 120 Å². The second kappa shape index (κ2) is 25.8. The molecule has 16 nitrogen and oxygen atoms in total. The van der Waals surface area contributed by atoms with Gasteiger partial charge in [-0.15, -0.1) is 12.8 Å². The maximum atomic E-state index is 17.7. The molecule has 5 aliphatic rings. The average molecular weight is 1240 g/mol. The third kappa shape index (κ3) is 12.3. The molecule has 91 heavy (non-hydrogen) atoms. The Hall–Kier alpha value is -8.27. The highest BCUT2D eigenvalue weighted by atomic mass is 19.1. The molecule has 2 bridgehead atoms. The highest BCUT2D eigenvalue weighted by Gasteiger charge is 2.37. The van der Waals surface area contributed by atoms with E-state index in [-0.39, 0.29) is 93.7 Å². The van der Waals surface area contributed by atoms with Gasteiger partial charge in [-0.05, 0) is 111 Å². The van der Waals surface area contributed by atoms with Gasteiger partial charge in [-0.3, -0.25) is 24.6 Å². The molecule has 9 heterocycles. The number of esters is 1. The number of piperazine rings is 1. The van der Waals surface area contributed by atoms with Crippen LogP contribution in [-0.4, -0.2) is 149 Å². The minimum Gasteiger partial charge on any atom is -0.462 e. The summed E-state index contributed by atoms with van der Waals surface area (Å²) in [6, 6.07) is 14.7. The van der Waals surface area contributed by atoms with Gasteiger partial charge in [-0.2, -0.15) is 19.9 Å². The van der Waals surface area contributed by atoms with E-state index in [0.717, 1.165) is 51.6 Å². The Morgan fingerprint density at radius 1 is 0.725 bits per heavy atom. The third-order valence-electron chi connectivity index (χ3n) is 19.6. The van der Waals surface area contributed by atoms with Gasteiger partial charge in [-0.25, -0.2) is 17.6 Å². The number of fused-ring (bicyclic) bond motifs is 6. The number of aromatic nitrogens is 6. The van der Waals surface area contributed by atoms with E-state index in [9.17, 15) is 4.79 Å². The molecule has 7 atom stereocenters. The molecule has 4 aromatic heterocycles. The number of ether oxygens (including phenoxy) is 3. The van der Waals surface area contributed by atoms with Crippen LogP contribution in [0.5, 0.6) is 12.0 Å². The predicted octanol–water partition coefficient (Wildman–Crippen LogP) is 10.6. The first-order valence-electron chi connectivity index (χ1n) is 32.0. The fraction of sp³-hybridized carbons (Fsp3) is 0.451. The zero-order valence-corrected chi connectivity index (χ0v) is 52.1. The fourth-order valence-corrected chi connectivity index (χ4v) is 14.6. The van der Waals surface area contributed by atoms with Crippen molar-refractivity contribution in [2.75, 3.05) is 82.4 Å². The van der Waals surface area contributed by atoms with Gasteiger partial charge in [0.05, 0.1) is 27.8 Å². The number of benzene rings is 4. The number of nitrogens with zero attached hydrogens (tertiary/aromatic N) is 10. The monoisotopic (exact) mass is 1240 g/mol. The van der Waals surface area contributed by atoms with Crippen LogP contribution in [0.4, 0.5) is 29.2 Å². The number of hydrogen-bond acceptors (Lipinski definition) is 16. The summed E-state index contributed by atoms with van der Waals surface area (Å²) in [5.74, 6) is 3.56. The normalized spacial score (nSPS) is 22.0. The van der Waals surface area contributed by atoms with Crippen molar-refractivity contribution in [3.8, 4) is 59.2 Å². The van der Waals surface area contributed by atoms with E-state index >= 15 is 17.6 Å². The molecule has 13 rings (SSSR count). The predicted molar refractivity (Wildman–Crippen MR) is 346 cm³/mol. The molecule has 0 amide bonds. The highest BCUT2D eigenvalue weighted by molar-refractivity contribution is 6.04. The van der Waals surface area contributed by atoms with Gasteiger partial charge in [0.15, 0.2) is 11.6 Å². The zero-order valence-electron chi connectivity index (χ0n) is 52.1. The van der Waals surface area contributed by atoms with E-state index in [1.165, 1.54) is 12.1 Å². The number of anilines is 2. The summed E-state index contributed by atoms with van der Waals surface area (Å²) in [5.41, 5.74) is 7.47. The van der Waals surface area contributed by atoms with E-state index in [4.69, 9.17) is 52.7 Å². The Balaban J connectivity index is 0.736. The van der Waals surface area contributed by atoms with Crippen molar-refractivity contribution in [1.29, 1.82) is 0 Å². The molecular weight excluding hydrogens is 1160 g/mol. The van der Waals surface area contributed by atoms with Gasteiger partial charge in [0.25, 0.3) is 0 Å². The van der Waals surface area contributed by atoms with Gasteiger partial charge in [-0.1, -0.05) is 82.0 Å². The topological polar surface area (TPSA) is 173 Å². The first kappa shape index (κ1) is 61.6. The van der Waals surface area contributed by atoms with Crippen LogP contribution in [0.2, 0.25) is 0 Å². The summed E-state index contributed by atoms with van der Waals surface area (Å²) >= 11 is 0. The van der Waals surface area contributed by atoms with Crippen molar-refractivity contribution in [2.24, 2.45) is 29.4 Å². The van der Waals surface area contributed by atoms with Crippen molar-refractivity contribution in [1.82, 2.24) is 45.0 Å². The first-order chi connectivity index (χ1) is 44.0. The lowest BCUT2D eigenvalue weighted by Crippen LogP contribution is -2.51. The second-order valence-electron chi connectivity index (χ2n) is 26.2. The minimum atomic E-state index is -0.751. The molecule has 0 saturated carbocycles. The van der Waals surface area contributed by atoms with Crippen molar-refractivity contribution in [2.45, 2.75) is 109 Å². The van der Waals surface area contributed by atoms with Crippen molar-refractivity contribution >= 4 is 61.0 Å². The summed E-state index contributed by atoms with van der Waals surface area (Å²) in [7, 11) is 1.90. The standard InChI is InChI=1S/C71H76F4N12O4/c1-8-50-57(72)21-17-43-12-10-14-53(59(43)50)63-61(74)66-56(32-77-63)68(87-35-46-19-20-47(36-87)79-46)83-71(81-66)90-38-48-30-49(37-84(48)7)91-69(88)41(6)28-44-29-58(73)51(9-2)60-52(44)13-11-15-54(60)64-62(75)65-55(31-78-64)67(86-33-40(5)16-18-45(76)34-86)82-70(80-65)89-27-26-85-24-22-42(23-25-85)39(3)4/h1-2,10-15,17,21,29,31-32,39-42,45-49,79H,16,18-20,22-28,30,33-38,76H2,3-7H3/t40?,41?,45?,46?,47?,48-,49+/m0/s1. The largest absolute Gasteiger partial charge is 0.462 e. The average Bonchev–Trinajstić information content (AvgIpc) is 1.72. The summed E-state index contributed by atoms with van der Waals surface area (Å²) in [6.07, 6.45) is 21.0. The van der Waals surface area contributed by atoms with Gasteiger partial charge in [0.2, 0.25) is 0 Å². The van der Waals surface area contributed by atoms with Crippen LogP contribution >= 0.6 is 0 Å². The van der Waals surface area contributed by atoms with Gasteiger partial charge in [0.1, 0.15) is 65.0 Å². The van der Waals surface area contributed by atoms with Crippen LogP contribution in [0.3, 0.4) is 0 Å². The Morgan fingerprint density at radius 2 is 1.35 bits per heavy atom. The number of pyridine rings is 2. The maximum absolute atomic E-state index is 17.7. The molecule has 8 aromatic rings. The second-order valence-corrected chi connectivity index (χ2v) is 26.2. The molecule has 5 unspecified atom stereocenters. The summed E-state index contributed by atoms with van der Waals surface area (Å²) in [6.45, 7) is 14.3. The number of likely N-dealkylation sites (tertiary alicyclic amines) is 2. The van der Waals surface area contributed by atoms with Gasteiger partial charge in [0, 0.05) is 104 Å². The Kier molecular flexibility index (Phi) is 17.4. The van der Waals surface area contributed by atoms with Crippen LogP contribution in [0.15, 0.2) is 67.0 Å². The number of halogens is 4. The molecule has 5 saturated heterocycles. The minimum absolute atomic E-state index is 0.000863. The molecule has 4 aromatic carbocycles. The zero-order chi connectivity index (χ0) is 63.4. The Morgan fingerprint density at radius 3 is 2.01 bits per heavy atom. The molecule has 0 spiro atoms. The molecule has 3 N–H and O–H groups in total. The maximum Gasteiger partial charge on any atom is 0.319 e. The van der Waals surface area contributed by atoms with Crippen molar-refractivity contribution in [3.63, 3.8) is 0 Å². The highest BCUT2D eigenvalue weighted by Crippen LogP contribution is 2.41. The quantitative estimate of drug-likeness (QED) is 0.0531. The summed E-state index contributed by atoms with van der Waals surface area (Å²) < 4.78 is 85.5. The van der Waals surface area contributed by atoms with Crippen molar-refractivity contribution < 1.29 is 36.6 Å². The number of likely N-dealkylation sites (N-methyl/N-ethyl adjacent to an activating group) is 1. The summed E-state index contributed by atoms with van der Waals surface area (Å²) in [5, 5.41) is 6.24. The smallest absolute Gasteiger partial charge is 0.319 e. The number of hydrogen-bond donors (Lipinski definition) is 2. The molecule has 0 radical (unpaired) electrons.